The van der Waals surface area contributed by atoms with Gasteiger partial charge in [0.05, 0.1) is 6.04 Å². The van der Waals surface area contributed by atoms with Gasteiger partial charge in [-0.25, -0.2) is 0 Å². The molecular formula is C24H33N3O2. The van der Waals surface area contributed by atoms with Crippen molar-refractivity contribution in [3.05, 3.63) is 65.2 Å². The number of piperazine rings is 1. The number of hydrogen-bond acceptors (Lipinski definition) is 4. The van der Waals surface area contributed by atoms with Crippen LogP contribution in [0.5, 0.6) is 5.75 Å². The maximum Gasteiger partial charge on any atom is 0.253 e. The van der Waals surface area contributed by atoms with Gasteiger partial charge in [-0.15, -0.1) is 0 Å². The summed E-state index contributed by atoms with van der Waals surface area (Å²) < 4.78 is 0. The van der Waals surface area contributed by atoms with Crippen molar-refractivity contribution in [2.75, 3.05) is 26.2 Å². The summed E-state index contributed by atoms with van der Waals surface area (Å²) in [6.45, 7) is 11.6. The fraction of sp³-hybridized carbons (Fsp3) is 0.458. The lowest BCUT2D eigenvalue weighted by molar-refractivity contribution is 0.0772. The summed E-state index contributed by atoms with van der Waals surface area (Å²) in [5, 5.41) is 13.7. The molecule has 1 heterocycles. The van der Waals surface area contributed by atoms with Crippen LogP contribution in [-0.2, 0) is 0 Å². The summed E-state index contributed by atoms with van der Waals surface area (Å²) in [6.07, 6.45) is 0. The van der Waals surface area contributed by atoms with E-state index < -0.39 is 0 Å². The zero-order chi connectivity index (χ0) is 21.0. The van der Waals surface area contributed by atoms with Crippen molar-refractivity contribution >= 4 is 5.91 Å². The molecule has 0 spiro atoms. The average molecular weight is 396 g/mol. The van der Waals surface area contributed by atoms with E-state index in [0.29, 0.717) is 30.7 Å². The van der Waals surface area contributed by atoms with E-state index in [2.05, 4.69) is 36.2 Å². The number of phenols is 1. The van der Waals surface area contributed by atoms with Crippen LogP contribution in [0.25, 0.3) is 0 Å². The summed E-state index contributed by atoms with van der Waals surface area (Å²) in [5.41, 5.74) is 2.83. The fourth-order valence-electron chi connectivity index (χ4n) is 4.22. The number of carbonyl (C=O) groups is 1. The van der Waals surface area contributed by atoms with E-state index in [0.717, 1.165) is 24.2 Å². The Balaban J connectivity index is 2.05. The van der Waals surface area contributed by atoms with Gasteiger partial charge in [-0.05, 0) is 63.1 Å². The predicted octanol–water partition coefficient (Wildman–Crippen LogP) is 3.65. The summed E-state index contributed by atoms with van der Waals surface area (Å²) in [6, 6.07) is 16.2. The molecular weight excluding hydrogens is 362 g/mol. The van der Waals surface area contributed by atoms with Crippen molar-refractivity contribution in [2.24, 2.45) is 0 Å². The van der Waals surface area contributed by atoms with Gasteiger partial charge < -0.3 is 15.3 Å². The standard InChI is InChI=1S/C24H33N3O2/c1-5-26(6-2)24(29)21-11-7-9-19(13-21)23(20-10-8-12-22(28)14-20)27-16-17(3)25-15-18(27)4/h7-14,17-18,23,25,28H,5-6,15-16H2,1-4H3/t17-,18-,23?/m0/s1. The van der Waals surface area contributed by atoms with Gasteiger partial charge in [0.2, 0.25) is 0 Å². The lowest BCUT2D eigenvalue weighted by Gasteiger charge is -2.43. The van der Waals surface area contributed by atoms with Gasteiger partial charge in [0.1, 0.15) is 5.75 Å². The maximum atomic E-state index is 12.9. The molecule has 1 amide bonds. The molecule has 156 valence electrons. The molecule has 5 nitrogen and oxygen atoms in total. The zero-order valence-electron chi connectivity index (χ0n) is 17.9. The molecule has 3 atom stereocenters. The maximum absolute atomic E-state index is 12.9. The van der Waals surface area contributed by atoms with Crippen LogP contribution >= 0.6 is 0 Å². The van der Waals surface area contributed by atoms with E-state index in [1.165, 1.54) is 0 Å². The SMILES string of the molecule is CCN(CC)C(=O)c1cccc(C(c2cccc(O)c2)N2C[C@H](C)NC[C@@H]2C)c1. The molecule has 2 N–H and O–H groups in total. The Hall–Kier alpha value is -2.37. The molecule has 0 aliphatic carbocycles. The molecule has 0 saturated carbocycles. The van der Waals surface area contributed by atoms with Crippen molar-refractivity contribution in [2.45, 2.75) is 45.8 Å². The first kappa shape index (κ1) is 21.3. The first-order valence-electron chi connectivity index (χ1n) is 10.6. The highest BCUT2D eigenvalue weighted by Crippen LogP contribution is 2.33. The Labute approximate surface area is 174 Å². The minimum absolute atomic E-state index is 0.0221. The van der Waals surface area contributed by atoms with Crippen molar-refractivity contribution in [1.82, 2.24) is 15.1 Å². The van der Waals surface area contributed by atoms with Gasteiger partial charge in [-0.3, -0.25) is 9.69 Å². The molecule has 2 aromatic carbocycles. The average Bonchev–Trinajstić information content (AvgIpc) is 2.72. The molecule has 2 aromatic rings. The molecule has 29 heavy (non-hydrogen) atoms. The Bertz CT molecular complexity index is 834. The molecule has 0 bridgehead atoms. The Morgan fingerprint density at radius 1 is 1.14 bits per heavy atom. The van der Waals surface area contributed by atoms with Crippen LogP contribution in [0.2, 0.25) is 0 Å². The van der Waals surface area contributed by atoms with Crippen LogP contribution in [0.15, 0.2) is 48.5 Å². The Morgan fingerprint density at radius 3 is 2.45 bits per heavy atom. The van der Waals surface area contributed by atoms with E-state index >= 15 is 0 Å². The van der Waals surface area contributed by atoms with Crippen LogP contribution in [-0.4, -0.2) is 59.1 Å². The second-order valence-electron chi connectivity index (χ2n) is 7.96. The molecule has 1 aliphatic rings. The second kappa shape index (κ2) is 9.42. The van der Waals surface area contributed by atoms with Gasteiger partial charge in [-0.1, -0.05) is 24.3 Å². The third kappa shape index (κ3) is 4.80. The van der Waals surface area contributed by atoms with E-state index in [-0.39, 0.29) is 17.7 Å². The first-order valence-corrected chi connectivity index (χ1v) is 10.6. The van der Waals surface area contributed by atoms with Gasteiger partial charge >= 0.3 is 0 Å². The van der Waals surface area contributed by atoms with Crippen molar-refractivity contribution in [3.63, 3.8) is 0 Å². The molecule has 0 aromatic heterocycles. The summed E-state index contributed by atoms with van der Waals surface area (Å²) >= 11 is 0. The number of hydrogen-bond donors (Lipinski definition) is 2. The van der Waals surface area contributed by atoms with Gasteiger partial charge in [0.25, 0.3) is 5.91 Å². The zero-order valence-corrected chi connectivity index (χ0v) is 17.9. The predicted molar refractivity (Wildman–Crippen MR) is 117 cm³/mol. The van der Waals surface area contributed by atoms with Crippen molar-refractivity contribution in [1.29, 1.82) is 0 Å². The number of nitrogens with one attached hydrogen (secondary N) is 1. The minimum atomic E-state index is -0.0221. The largest absolute Gasteiger partial charge is 0.508 e. The highest BCUT2D eigenvalue weighted by molar-refractivity contribution is 5.94. The number of carbonyl (C=O) groups excluding carboxylic acids is 1. The molecule has 1 fully saturated rings. The number of amides is 1. The summed E-state index contributed by atoms with van der Waals surface area (Å²) in [5.74, 6) is 0.326. The topological polar surface area (TPSA) is 55.8 Å². The van der Waals surface area contributed by atoms with Crippen LogP contribution in [0.4, 0.5) is 0 Å². The molecule has 1 aliphatic heterocycles. The highest BCUT2D eigenvalue weighted by Gasteiger charge is 2.31. The number of nitrogens with zero attached hydrogens (tertiary/aromatic N) is 2. The highest BCUT2D eigenvalue weighted by atomic mass is 16.3. The van der Waals surface area contributed by atoms with Crippen LogP contribution in [0.3, 0.4) is 0 Å². The summed E-state index contributed by atoms with van der Waals surface area (Å²) in [4.78, 5) is 17.2. The third-order valence-electron chi connectivity index (χ3n) is 5.83. The van der Waals surface area contributed by atoms with Crippen molar-refractivity contribution < 1.29 is 9.90 Å². The van der Waals surface area contributed by atoms with Gasteiger partial charge in [-0.2, -0.15) is 0 Å². The van der Waals surface area contributed by atoms with E-state index in [9.17, 15) is 9.90 Å². The lowest BCUT2D eigenvalue weighted by atomic mass is 9.92. The minimum Gasteiger partial charge on any atom is -0.508 e. The normalized spacial score (nSPS) is 21.0. The quantitative estimate of drug-likeness (QED) is 0.784. The fourth-order valence-corrected chi connectivity index (χ4v) is 4.22. The second-order valence-corrected chi connectivity index (χ2v) is 7.96. The number of rotatable bonds is 6. The van der Waals surface area contributed by atoms with Crippen LogP contribution < -0.4 is 5.32 Å². The van der Waals surface area contributed by atoms with Crippen LogP contribution in [0.1, 0.15) is 55.2 Å². The third-order valence-corrected chi connectivity index (χ3v) is 5.83. The molecule has 0 radical (unpaired) electrons. The van der Waals surface area contributed by atoms with E-state index in [4.69, 9.17) is 0 Å². The molecule has 1 saturated heterocycles. The van der Waals surface area contributed by atoms with Gasteiger partial charge in [0.15, 0.2) is 0 Å². The van der Waals surface area contributed by atoms with E-state index in [1.54, 1.807) is 6.07 Å². The molecule has 3 rings (SSSR count). The van der Waals surface area contributed by atoms with Gasteiger partial charge in [0, 0.05) is 43.8 Å². The Kier molecular flexibility index (Phi) is 6.93. The number of aromatic hydroxyl groups is 1. The van der Waals surface area contributed by atoms with E-state index in [1.807, 2.05) is 49.1 Å². The number of phenolic OH excluding ortho intramolecular Hbond substituents is 1. The van der Waals surface area contributed by atoms with Crippen molar-refractivity contribution in [3.8, 4) is 5.75 Å². The molecule has 1 unspecified atom stereocenters. The monoisotopic (exact) mass is 395 g/mol. The van der Waals surface area contributed by atoms with Crippen LogP contribution in [0, 0.1) is 0 Å². The smallest absolute Gasteiger partial charge is 0.253 e. The first-order chi connectivity index (χ1) is 13.9. The number of benzene rings is 2. The molecule has 5 heteroatoms. The lowest BCUT2D eigenvalue weighted by Crippen LogP contribution is -2.55. The Morgan fingerprint density at radius 2 is 1.79 bits per heavy atom. The summed E-state index contributed by atoms with van der Waals surface area (Å²) in [7, 11) is 0.